The Morgan fingerprint density at radius 3 is 2.75 bits per heavy atom. The van der Waals surface area contributed by atoms with Crippen molar-refractivity contribution in [1.29, 1.82) is 0 Å². The molecular formula is C11H18N4S. The van der Waals surface area contributed by atoms with Gasteiger partial charge < -0.3 is 5.32 Å². The molecule has 1 N–H and O–H groups in total. The summed E-state index contributed by atoms with van der Waals surface area (Å²) >= 11 is 2.03. The largest absolute Gasteiger partial charge is 0.352 e. The van der Waals surface area contributed by atoms with Gasteiger partial charge in [-0.3, -0.25) is 0 Å². The van der Waals surface area contributed by atoms with Gasteiger partial charge in [0, 0.05) is 11.3 Å². The topological polar surface area (TPSA) is 50.7 Å². The van der Waals surface area contributed by atoms with Gasteiger partial charge in [-0.15, -0.1) is 5.10 Å². The van der Waals surface area contributed by atoms with E-state index in [9.17, 15) is 0 Å². The number of hydrogen-bond donors (Lipinski definition) is 1. The van der Waals surface area contributed by atoms with Crippen LogP contribution in [0.25, 0.3) is 0 Å². The predicted octanol–water partition coefficient (Wildman–Crippen LogP) is 2.19. The molecule has 1 aliphatic rings. The van der Waals surface area contributed by atoms with E-state index in [0.29, 0.717) is 10.7 Å². The Morgan fingerprint density at radius 1 is 1.31 bits per heavy atom. The smallest absolute Gasteiger partial charge is 0.243 e. The van der Waals surface area contributed by atoms with E-state index >= 15 is 0 Å². The van der Waals surface area contributed by atoms with Crippen molar-refractivity contribution in [2.75, 3.05) is 17.6 Å². The molecule has 1 unspecified atom stereocenters. The number of anilines is 1. The van der Waals surface area contributed by atoms with E-state index in [0.717, 1.165) is 17.9 Å². The maximum atomic E-state index is 4.37. The number of nitrogens with one attached hydrogen (secondary N) is 1. The number of nitrogens with zero attached hydrogens (tertiary/aromatic N) is 3. The zero-order chi connectivity index (χ0) is 11.6. The van der Waals surface area contributed by atoms with Crippen LogP contribution in [0.3, 0.4) is 0 Å². The number of aromatic nitrogens is 3. The second-order valence-corrected chi connectivity index (χ2v) is 6.24. The van der Waals surface area contributed by atoms with Crippen molar-refractivity contribution in [1.82, 2.24) is 15.2 Å². The Balaban J connectivity index is 1.96. The number of thioether (sulfide) groups is 1. The van der Waals surface area contributed by atoms with Gasteiger partial charge in [0.15, 0.2) is 0 Å². The van der Waals surface area contributed by atoms with Crippen molar-refractivity contribution in [2.24, 2.45) is 0 Å². The third kappa shape index (κ3) is 2.64. The van der Waals surface area contributed by atoms with Crippen LogP contribution in [0.1, 0.15) is 31.2 Å². The average molecular weight is 238 g/mol. The minimum Gasteiger partial charge on any atom is -0.352 e. The highest BCUT2D eigenvalue weighted by Gasteiger charge is 2.29. The maximum Gasteiger partial charge on any atom is 0.243 e. The van der Waals surface area contributed by atoms with Crippen molar-refractivity contribution in [3.05, 3.63) is 11.4 Å². The second kappa shape index (κ2) is 4.57. The Morgan fingerprint density at radius 2 is 2.12 bits per heavy atom. The highest BCUT2D eigenvalue weighted by atomic mass is 32.2. The van der Waals surface area contributed by atoms with Crippen LogP contribution < -0.4 is 5.32 Å². The van der Waals surface area contributed by atoms with Gasteiger partial charge in [0.05, 0.1) is 11.4 Å². The van der Waals surface area contributed by atoms with Gasteiger partial charge >= 0.3 is 0 Å². The highest BCUT2D eigenvalue weighted by molar-refractivity contribution is 8.00. The van der Waals surface area contributed by atoms with Crippen LogP contribution in [-0.2, 0) is 0 Å². The molecule has 1 aromatic heterocycles. The lowest BCUT2D eigenvalue weighted by Crippen LogP contribution is -2.28. The van der Waals surface area contributed by atoms with Crippen LogP contribution in [0.2, 0.25) is 0 Å². The fourth-order valence-corrected chi connectivity index (χ4v) is 3.02. The summed E-state index contributed by atoms with van der Waals surface area (Å²) < 4.78 is 0.335. The van der Waals surface area contributed by atoms with Crippen molar-refractivity contribution < 1.29 is 0 Å². The first-order chi connectivity index (χ1) is 7.59. The molecule has 5 heteroatoms. The van der Waals surface area contributed by atoms with Crippen LogP contribution in [0, 0.1) is 13.8 Å². The van der Waals surface area contributed by atoms with E-state index in [4.69, 9.17) is 0 Å². The predicted molar refractivity (Wildman–Crippen MR) is 67.9 cm³/mol. The molecule has 1 fully saturated rings. The van der Waals surface area contributed by atoms with Gasteiger partial charge in [-0.1, -0.05) is 0 Å². The summed E-state index contributed by atoms with van der Waals surface area (Å²) in [6.45, 7) is 7.10. The fourth-order valence-electron chi connectivity index (χ4n) is 1.77. The first-order valence-corrected chi connectivity index (χ1v) is 6.63. The lowest BCUT2D eigenvalue weighted by molar-refractivity contribution is 0.631. The third-order valence-corrected chi connectivity index (χ3v) is 4.55. The molecule has 0 spiro atoms. The minimum absolute atomic E-state index is 0.335. The molecular weight excluding hydrogens is 220 g/mol. The molecule has 16 heavy (non-hydrogen) atoms. The minimum atomic E-state index is 0.335. The first-order valence-electron chi connectivity index (χ1n) is 5.65. The van der Waals surface area contributed by atoms with Gasteiger partial charge in [-0.25, -0.2) is 4.98 Å². The van der Waals surface area contributed by atoms with E-state index in [1.54, 1.807) is 0 Å². The number of hydrogen-bond acceptors (Lipinski definition) is 5. The summed E-state index contributed by atoms with van der Waals surface area (Å²) in [5, 5.41) is 11.4. The standard InChI is InChI=1S/C11H18N4S/c1-8-9(2)14-15-10(13-8)12-7-11(3)5-4-6-16-11/h4-7H2,1-3H3,(H,12,13,15). The normalized spacial score (nSPS) is 24.7. The molecule has 0 amide bonds. The van der Waals surface area contributed by atoms with Gasteiger partial charge in [-0.05, 0) is 39.4 Å². The summed E-state index contributed by atoms with van der Waals surface area (Å²) in [5.41, 5.74) is 1.84. The van der Waals surface area contributed by atoms with Crippen LogP contribution in [0.15, 0.2) is 0 Å². The van der Waals surface area contributed by atoms with Gasteiger partial charge in [0.1, 0.15) is 0 Å². The Hall–Kier alpha value is -0.840. The first kappa shape index (κ1) is 11.6. The van der Waals surface area contributed by atoms with Crippen molar-refractivity contribution in [3.8, 4) is 0 Å². The Labute approximate surface area is 101 Å². The van der Waals surface area contributed by atoms with Crippen molar-refractivity contribution >= 4 is 17.7 Å². The Bertz CT molecular complexity index is 374. The van der Waals surface area contributed by atoms with E-state index in [2.05, 4.69) is 27.4 Å². The zero-order valence-corrected chi connectivity index (χ0v) is 10.9. The molecule has 0 bridgehead atoms. The molecule has 2 rings (SSSR count). The molecule has 0 aromatic carbocycles. The zero-order valence-electron chi connectivity index (χ0n) is 10.1. The SMILES string of the molecule is Cc1nnc(NCC2(C)CCCS2)nc1C. The quantitative estimate of drug-likeness (QED) is 0.874. The highest BCUT2D eigenvalue weighted by Crippen LogP contribution is 2.37. The molecule has 1 aromatic rings. The molecule has 0 aliphatic carbocycles. The fraction of sp³-hybridized carbons (Fsp3) is 0.727. The molecule has 4 nitrogen and oxygen atoms in total. The molecule has 1 saturated heterocycles. The maximum absolute atomic E-state index is 4.37. The molecule has 88 valence electrons. The number of rotatable bonds is 3. The summed E-state index contributed by atoms with van der Waals surface area (Å²) in [5.74, 6) is 1.92. The van der Waals surface area contributed by atoms with Crippen LogP contribution in [0.5, 0.6) is 0 Å². The van der Waals surface area contributed by atoms with E-state index in [-0.39, 0.29) is 0 Å². The lowest BCUT2D eigenvalue weighted by atomic mass is 10.1. The van der Waals surface area contributed by atoms with E-state index in [1.165, 1.54) is 18.6 Å². The molecule has 1 atom stereocenters. The summed E-state index contributed by atoms with van der Waals surface area (Å²) in [4.78, 5) is 4.37. The van der Waals surface area contributed by atoms with Gasteiger partial charge in [-0.2, -0.15) is 16.9 Å². The van der Waals surface area contributed by atoms with Crippen LogP contribution in [0.4, 0.5) is 5.95 Å². The van der Waals surface area contributed by atoms with Crippen molar-refractivity contribution in [3.63, 3.8) is 0 Å². The van der Waals surface area contributed by atoms with E-state index < -0.39 is 0 Å². The van der Waals surface area contributed by atoms with Gasteiger partial charge in [0.2, 0.25) is 5.95 Å². The van der Waals surface area contributed by atoms with Crippen molar-refractivity contribution in [2.45, 2.75) is 38.4 Å². The summed E-state index contributed by atoms with van der Waals surface area (Å²) in [6.07, 6.45) is 2.58. The Kier molecular flexibility index (Phi) is 3.33. The van der Waals surface area contributed by atoms with Crippen LogP contribution in [-0.4, -0.2) is 32.2 Å². The summed E-state index contributed by atoms with van der Waals surface area (Å²) in [7, 11) is 0. The van der Waals surface area contributed by atoms with Crippen LogP contribution >= 0.6 is 11.8 Å². The summed E-state index contributed by atoms with van der Waals surface area (Å²) in [6, 6.07) is 0. The molecule has 1 aliphatic heterocycles. The average Bonchev–Trinajstić information content (AvgIpc) is 2.68. The second-order valence-electron chi connectivity index (χ2n) is 4.56. The third-order valence-electron chi connectivity index (χ3n) is 3.01. The lowest BCUT2D eigenvalue weighted by Gasteiger charge is -2.22. The molecule has 2 heterocycles. The van der Waals surface area contributed by atoms with E-state index in [1.807, 2.05) is 25.6 Å². The molecule has 0 radical (unpaired) electrons. The number of aryl methyl sites for hydroxylation is 2. The van der Waals surface area contributed by atoms with Gasteiger partial charge in [0.25, 0.3) is 0 Å². The molecule has 0 saturated carbocycles. The monoisotopic (exact) mass is 238 g/mol.